The Morgan fingerprint density at radius 3 is 2.62 bits per heavy atom. The van der Waals surface area contributed by atoms with Gasteiger partial charge in [-0.25, -0.2) is 22.3 Å². The summed E-state index contributed by atoms with van der Waals surface area (Å²) in [5.74, 6) is -0.0367. The van der Waals surface area contributed by atoms with Crippen LogP contribution in [-0.2, 0) is 16.6 Å². The molecule has 1 aromatic carbocycles. The Kier molecular flexibility index (Phi) is 6.81. The number of halogens is 1. The molecule has 1 saturated carbocycles. The lowest BCUT2D eigenvalue weighted by atomic mass is 9.86. The first kappa shape index (κ1) is 21.2. The van der Waals surface area contributed by atoms with Gasteiger partial charge >= 0.3 is 6.03 Å². The minimum atomic E-state index is -3.74. The third-order valence-electron chi connectivity index (χ3n) is 5.02. The van der Waals surface area contributed by atoms with Crippen LogP contribution in [0.3, 0.4) is 0 Å². The number of sulfonamides is 1. The van der Waals surface area contributed by atoms with Crippen LogP contribution in [0.15, 0.2) is 53.7 Å². The summed E-state index contributed by atoms with van der Waals surface area (Å²) in [4.78, 5) is 16.0. The fraction of sp³-hybridized carbons (Fsp3) is 0.400. The predicted molar refractivity (Wildman–Crippen MR) is 109 cm³/mol. The van der Waals surface area contributed by atoms with Gasteiger partial charge < -0.3 is 10.6 Å². The highest BCUT2D eigenvalue weighted by Crippen LogP contribution is 2.28. The number of benzene rings is 1. The summed E-state index contributed by atoms with van der Waals surface area (Å²) < 4.78 is 41.5. The highest BCUT2D eigenvalue weighted by Gasteiger charge is 2.30. The number of carbonyl (C=O) groups is 1. The molecule has 1 heterocycles. The van der Waals surface area contributed by atoms with Crippen molar-refractivity contribution < 1.29 is 17.6 Å². The SMILES string of the molecule is CC1CCC(NS(=O)(=O)c2ccc(NC(=O)NCc3cccnc3)cc2)CC1F. The minimum Gasteiger partial charge on any atom is -0.334 e. The van der Waals surface area contributed by atoms with Crippen molar-refractivity contribution in [2.75, 3.05) is 5.32 Å². The second-order valence-corrected chi connectivity index (χ2v) is 9.03. The molecular formula is C20H25FN4O3S. The van der Waals surface area contributed by atoms with Crippen LogP contribution in [-0.4, -0.2) is 31.6 Å². The topological polar surface area (TPSA) is 100 Å². The number of rotatable bonds is 6. The maximum atomic E-state index is 13.9. The van der Waals surface area contributed by atoms with Crippen LogP contribution in [0.2, 0.25) is 0 Å². The zero-order chi connectivity index (χ0) is 20.9. The quantitative estimate of drug-likeness (QED) is 0.668. The number of alkyl halides is 1. The van der Waals surface area contributed by atoms with Crippen LogP contribution >= 0.6 is 0 Å². The maximum absolute atomic E-state index is 13.9. The van der Waals surface area contributed by atoms with Crippen LogP contribution in [0.4, 0.5) is 14.9 Å². The molecule has 2 aromatic rings. The van der Waals surface area contributed by atoms with E-state index in [-0.39, 0.29) is 17.2 Å². The van der Waals surface area contributed by atoms with E-state index < -0.39 is 28.3 Å². The molecule has 3 N–H and O–H groups in total. The first-order valence-electron chi connectivity index (χ1n) is 9.54. The third-order valence-corrected chi connectivity index (χ3v) is 6.55. The highest BCUT2D eigenvalue weighted by atomic mass is 32.2. The maximum Gasteiger partial charge on any atom is 0.319 e. The van der Waals surface area contributed by atoms with Gasteiger partial charge in [-0.2, -0.15) is 0 Å². The Balaban J connectivity index is 1.54. The molecule has 156 valence electrons. The van der Waals surface area contributed by atoms with Crippen molar-refractivity contribution in [2.45, 2.75) is 49.8 Å². The first-order valence-corrected chi connectivity index (χ1v) is 11.0. The average Bonchev–Trinajstić information content (AvgIpc) is 2.70. The van der Waals surface area contributed by atoms with E-state index in [4.69, 9.17) is 0 Å². The molecule has 0 spiro atoms. The van der Waals surface area contributed by atoms with Crippen molar-refractivity contribution in [1.82, 2.24) is 15.0 Å². The van der Waals surface area contributed by atoms with Gasteiger partial charge in [0.25, 0.3) is 0 Å². The summed E-state index contributed by atoms with van der Waals surface area (Å²) >= 11 is 0. The van der Waals surface area contributed by atoms with Gasteiger partial charge in [0, 0.05) is 30.7 Å². The Labute approximate surface area is 170 Å². The molecule has 0 radical (unpaired) electrons. The normalized spacial score (nSPS) is 22.1. The van der Waals surface area contributed by atoms with Crippen molar-refractivity contribution in [3.05, 3.63) is 54.4 Å². The van der Waals surface area contributed by atoms with E-state index >= 15 is 0 Å². The number of carbonyl (C=O) groups excluding carboxylic acids is 1. The van der Waals surface area contributed by atoms with E-state index in [1.807, 2.05) is 13.0 Å². The Morgan fingerprint density at radius 2 is 1.97 bits per heavy atom. The molecule has 29 heavy (non-hydrogen) atoms. The molecule has 1 aromatic heterocycles. The van der Waals surface area contributed by atoms with Crippen LogP contribution < -0.4 is 15.4 Å². The lowest BCUT2D eigenvalue weighted by Gasteiger charge is -2.29. The van der Waals surface area contributed by atoms with Gasteiger partial charge in [-0.1, -0.05) is 13.0 Å². The number of hydrogen-bond acceptors (Lipinski definition) is 4. The fourth-order valence-corrected chi connectivity index (χ4v) is 4.52. The summed E-state index contributed by atoms with van der Waals surface area (Å²) in [5.41, 5.74) is 1.32. The van der Waals surface area contributed by atoms with Crippen molar-refractivity contribution in [3.63, 3.8) is 0 Å². The van der Waals surface area contributed by atoms with Crippen LogP contribution in [0.5, 0.6) is 0 Å². The smallest absolute Gasteiger partial charge is 0.319 e. The second kappa shape index (κ2) is 9.32. The second-order valence-electron chi connectivity index (χ2n) is 7.32. The molecule has 9 heteroatoms. The number of anilines is 1. The molecule has 3 unspecified atom stereocenters. The Hall–Kier alpha value is -2.52. The van der Waals surface area contributed by atoms with Gasteiger partial charge in [0.2, 0.25) is 10.0 Å². The summed E-state index contributed by atoms with van der Waals surface area (Å²) in [6.07, 6.45) is 3.79. The molecule has 1 fully saturated rings. The first-order chi connectivity index (χ1) is 13.8. The monoisotopic (exact) mass is 420 g/mol. The van der Waals surface area contributed by atoms with Crippen LogP contribution in [0, 0.1) is 5.92 Å². The molecule has 3 rings (SSSR count). The molecule has 1 aliphatic carbocycles. The van der Waals surface area contributed by atoms with E-state index in [1.54, 1.807) is 18.5 Å². The summed E-state index contributed by atoms with van der Waals surface area (Å²) in [7, 11) is -3.74. The zero-order valence-corrected chi connectivity index (χ0v) is 17.0. The molecule has 0 aliphatic heterocycles. The van der Waals surface area contributed by atoms with E-state index in [9.17, 15) is 17.6 Å². The summed E-state index contributed by atoms with van der Waals surface area (Å²) in [6, 6.07) is 8.67. The van der Waals surface area contributed by atoms with Gasteiger partial charge in [-0.05, 0) is 61.1 Å². The molecule has 0 saturated heterocycles. The third kappa shape index (κ3) is 5.98. The zero-order valence-electron chi connectivity index (χ0n) is 16.1. The summed E-state index contributed by atoms with van der Waals surface area (Å²) in [6.45, 7) is 2.17. The predicted octanol–water partition coefficient (Wildman–Crippen LogP) is 3.21. The molecular weight excluding hydrogens is 395 g/mol. The van der Waals surface area contributed by atoms with Gasteiger partial charge in [-0.15, -0.1) is 0 Å². The van der Waals surface area contributed by atoms with Crippen molar-refractivity contribution in [2.24, 2.45) is 5.92 Å². The van der Waals surface area contributed by atoms with Crippen LogP contribution in [0.25, 0.3) is 0 Å². The molecule has 1 aliphatic rings. The fourth-order valence-electron chi connectivity index (χ4n) is 3.24. The van der Waals surface area contributed by atoms with Gasteiger partial charge in [0.15, 0.2) is 0 Å². The van der Waals surface area contributed by atoms with Crippen molar-refractivity contribution in [1.29, 1.82) is 0 Å². The Morgan fingerprint density at radius 1 is 1.21 bits per heavy atom. The number of pyridine rings is 1. The highest BCUT2D eigenvalue weighted by molar-refractivity contribution is 7.89. The standard InChI is InChI=1S/C20H25FN4O3S/c1-14-4-5-17(11-19(14)21)25-29(27,28)18-8-6-16(7-9-18)24-20(26)23-13-15-3-2-10-22-12-15/h2-3,6-10,12,14,17,19,25H,4-5,11,13H2,1H3,(H2,23,24,26). The van der Waals surface area contributed by atoms with Gasteiger partial charge in [-0.3, -0.25) is 4.98 Å². The number of aromatic nitrogens is 1. The van der Waals surface area contributed by atoms with E-state index in [2.05, 4.69) is 20.3 Å². The van der Waals surface area contributed by atoms with E-state index in [0.717, 1.165) is 5.56 Å². The molecule has 2 amide bonds. The lowest BCUT2D eigenvalue weighted by molar-refractivity contribution is 0.159. The number of amides is 2. The summed E-state index contributed by atoms with van der Waals surface area (Å²) in [5, 5.41) is 5.35. The Bertz CT molecular complexity index is 923. The minimum absolute atomic E-state index is 0.0367. The number of urea groups is 1. The molecule has 7 nitrogen and oxygen atoms in total. The number of nitrogens with zero attached hydrogens (tertiary/aromatic N) is 1. The molecule has 3 atom stereocenters. The van der Waals surface area contributed by atoms with Crippen molar-refractivity contribution in [3.8, 4) is 0 Å². The molecule has 0 bridgehead atoms. The van der Waals surface area contributed by atoms with Gasteiger partial charge in [0.05, 0.1) is 4.90 Å². The van der Waals surface area contributed by atoms with Crippen molar-refractivity contribution >= 4 is 21.7 Å². The number of hydrogen-bond donors (Lipinski definition) is 3. The van der Waals surface area contributed by atoms with Crippen LogP contribution in [0.1, 0.15) is 31.7 Å². The largest absolute Gasteiger partial charge is 0.334 e. The van der Waals surface area contributed by atoms with E-state index in [1.165, 1.54) is 24.3 Å². The van der Waals surface area contributed by atoms with Gasteiger partial charge in [0.1, 0.15) is 6.17 Å². The number of nitrogens with one attached hydrogen (secondary N) is 3. The average molecular weight is 421 g/mol. The lowest BCUT2D eigenvalue weighted by Crippen LogP contribution is -2.41. The van der Waals surface area contributed by atoms with E-state index in [0.29, 0.717) is 25.1 Å².